The summed E-state index contributed by atoms with van der Waals surface area (Å²) >= 11 is 0. The van der Waals surface area contributed by atoms with Gasteiger partial charge in [0.05, 0.1) is 11.7 Å². The Hall–Kier alpha value is -2.96. The van der Waals surface area contributed by atoms with Crippen molar-refractivity contribution in [1.82, 2.24) is 19.9 Å². The van der Waals surface area contributed by atoms with Gasteiger partial charge in [-0.25, -0.2) is 9.97 Å². The van der Waals surface area contributed by atoms with Crippen molar-refractivity contribution < 1.29 is 4.79 Å². The summed E-state index contributed by atoms with van der Waals surface area (Å²) in [6, 6.07) is 3.76. The molecule has 0 bridgehead atoms. The SMILES string of the molecule is C=CC(=O)N1CC(N(C)c2cc(-c3ccnc(CC)n3)c[nH]c2=O)C1. The van der Waals surface area contributed by atoms with Crippen LogP contribution in [0.5, 0.6) is 0 Å². The highest BCUT2D eigenvalue weighted by Gasteiger charge is 2.33. The van der Waals surface area contributed by atoms with E-state index in [2.05, 4.69) is 21.5 Å². The molecule has 0 aliphatic carbocycles. The maximum atomic E-state index is 12.3. The van der Waals surface area contributed by atoms with Crippen LogP contribution in [0, 0.1) is 0 Å². The zero-order valence-corrected chi connectivity index (χ0v) is 14.4. The van der Waals surface area contributed by atoms with Gasteiger partial charge in [0.1, 0.15) is 11.5 Å². The van der Waals surface area contributed by atoms with Crippen molar-refractivity contribution in [2.45, 2.75) is 19.4 Å². The number of anilines is 1. The van der Waals surface area contributed by atoms with Gasteiger partial charge < -0.3 is 14.8 Å². The van der Waals surface area contributed by atoms with Gasteiger partial charge in [-0.1, -0.05) is 13.5 Å². The van der Waals surface area contributed by atoms with Crippen LogP contribution >= 0.6 is 0 Å². The summed E-state index contributed by atoms with van der Waals surface area (Å²) in [5.74, 6) is 0.677. The fraction of sp³-hybridized carbons (Fsp3) is 0.333. The van der Waals surface area contributed by atoms with Crippen molar-refractivity contribution in [3.63, 3.8) is 0 Å². The van der Waals surface area contributed by atoms with E-state index in [-0.39, 0.29) is 17.5 Å². The van der Waals surface area contributed by atoms with Gasteiger partial charge in [-0.15, -0.1) is 0 Å². The third kappa shape index (κ3) is 3.31. The molecule has 0 unspecified atom stereocenters. The van der Waals surface area contributed by atoms with Crippen LogP contribution in [0.4, 0.5) is 5.69 Å². The minimum absolute atomic E-state index is 0.0830. The first kappa shape index (κ1) is 16.9. The number of likely N-dealkylation sites (N-methyl/N-ethyl adjacent to an activating group) is 1. The number of hydrogen-bond donors (Lipinski definition) is 1. The van der Waals surface area contributed by atoms with Gasteiger partial charge >= 0.3 is 0 Å². The van der Waals surface area contributed by atoms with Crippen LogP contribution in [-0.4, -0.2) is 51.9 Å². The second kappa shape index (κ2) is 6.88. The second-order valence-corrected chi connectivity index (χ2v) is 6.03. The van der Waals surface area contributed by atoms with Crippen LogP contribution in [-0.2, 0) is 11.2 Å². The van der Waals surface area contributed by atoms with Gasteiger partial charge in [0.15, 0.2) is 0 Å². The minimum atomic E-state index is -0.162. The third-order valence-electron chi connectivity index (χ3n) is 4.48. The van der Waals surface area contributed by atoms with Crippen LogP contribution in [0.3, 0.4) is 0 Å². The molecule has 2 aromatic rings. The maximum Gasteiger partial charge on any atom is 0.271 e. The molecule has 7 heteroatoms. The van der Waals surface area contributed by atoms with E-state index in [0.717, 1.165) is 23.5 Å². The molecule has 3 heterocycles. The molecular formula is C18H21N5O2. The summed E-state index contributed by atoms with van der Waals surface area (Å²) in [7, 11) is 1.87. The van der Waals surface area contributed by atoms with Crippen LogP contribution in [0.1, 0.15) is 12.7 Å². The zero-order valence-electron chi connectivity index (χ0n) is 14.4. The lowest BCUT2D eigenvalue weighted by Gasteiger charge is -2.44. The largest absolute Gasteiger partial charge is 0.364 e. The molecule has 7 nitrogen and oxygen atoms in total. The normalized spacial score (nSPS) is 14.1. The topological polar surface area (TPSA) is 82.2 Å². The molecule has 0 saturated carbocycles. The van der Waals surface area contributed by atoms with Crippen molar-refractivity contribution in [2.24, 2.45) is 0 Å². The number of aryl methyl sites for hydroxylation is 1. The lowest BCUT2D eigenvalue weighted by molar-refractivity contribution is -0.130. The zero-order chi connectivity index (χ0) is 18.0. The second-order valence-electron chi connectivity index (χ2n) is 6.03. The number of nitrogens with one attached hydrogen (secondary N) is 1. The number of carbonyl (C=O) groups excluding carboxylic acids is 1. The Labute approximate surface area is 146 Å². The van der Waals surface area contributed by atoms with Crippen molar-refractivity contribution in [1.29, 1.82) is 0 Å². The maximum absolute atomic E-state index is 12.3. The number of amides is 1. The predicted octanol–water partition coefficient (Wildman–Crippen LogP) is 1.23. The Morgan fingerprint density at radius 2 is 2.28 bits per heavy atom. The van der Waals surface area contributed by atoms with Gasteiger partial charge in [-0.05, 0) is 18.2 Å². The number of carbonyl (C=O) groups is 1. The molecule has 130 valence electrons. The summed E-state index contributed by atoms with van der Waals surface area (Å²) in [5, 5.41) is 0. The Balaban J connectivity index is 1.84. The summed E-state index contributed by atoms with van der Waals surface area (Å²) < 4.78 is 0. The Kier molecular flexibility index (Phi) is 4.65. The summed E-state index contributed by atoms with van der Waals surface area (Å²) in [4.78, 5) is 38.9. The molecule has 1 aliphatic heterocycles. The molecule has 1 aliphatic rings. The summed E-state index contributed by atoms with van der Waals surface area (Å²) in [5.41, 5.74) is 2.00. The first-order valence-corrected chi connectivity index (χ1v) is 8.22. The highest BCUT2D eigenvalue weighted by atomic mass is 16.2. The highest BCUT2D eigenvalue weighted by molar-refractivity contribution is 5.87. The number of aromatic amines is 1. The van der Waals surface area contributed by atoms with Gasteiger partial charge in [-0.2, -0.15) is 0 Å². The minimum Gasteiger partial charge on any atom is -0.364 e. The van der Waals surface area contributed by atoms with Crippen molar-refractivity contribution in [2.75, 3.05) is 25.0 Å². The van der Waals surface area contributed by atoms with E-state index >= 15 is 0 Å². The van der Waals surface area contributed by atoms with Crippen molar-refractivity contribution >= 4 is 11.6 Å². The smallest absolute Gasteiger partial charge is 0.271 e. The van der Waals surface area contributed by atoms with E-state index in [1.165, 1.54) is 6.08 Å². The number of aromatic nitrogens is 3. The van der Waals surface area contributed by atoms with E-state index in [1.54, 1.807) is 17.3 Å². The number of hydrogen-bond acceptors (Lipinski definition) is 5. The average molecular weight is 339 g/mol. The average Bonchev–Trinajstić information content (AvgIpc) is 2.60. The lowest BCUT2D eigenvalue weighted by atomic mass is 10.1. The number of rotatable bonds is 5. The monoisotopic (exact) mass is 339 g/mol. The molecule has 1 N–H and O–H groups in total. The first-order chi connectivity index (χ1) is 12.0. The molecule has 0 atom stereocenters. The molecule has 1 saturated heterocycles. The Bertz CT molecular complexity index is 855. The van der Waals surface area contributed by atoms with E-state index in [9.17, 15) is 9.59 Å². The van der Waals surface area contributed by atoms with Gasteiger partial charge in [0, 0.05) is 44.5 Å². The van der Waals surface area contributed by atoms with Crippen molar-refractivity contribution in [3.05, 3.63) is 53.4 Å². The first-order valence-electron chi connectivity index (χ1n) is 8.22. The van der Waals surface area contributed by atoms with E-state index < -0.39 is 0 Å². The van der Waals surface area contributed by atoms with Crippen LogP contribution in [0.15, 0.2) is 42.0 Å². The Morgan fingerprint density at radius 1 is 1.52 bits per heavy atom. The molecule has 1 amide bonds. The molecule has 0 radical (unpaired) electrons. The van der Waals surface area contributed by atoms with Gasteiger partial charge in [0.2, 0.25) is 5.91 Å². The number of nitrogens with zero attached hydrogens (tertiary/aromatic N) is 4. The Morgan fingerprint density at radius 3 is 2.96 bits per heavy atom. The molecule has 1 fully saturated rings. The number of likely N-dealkylation sites (tertiary alicyclic amines) is 1. The number of H-pyrrole nitrogens is 1. The van der Waals surface area contributed by atoms with E-state index in [0.29, 0.717) is 18.8 Å². The molecule has 0 spiro atoms. The molecule has 0 aromatic carbocycles. The van der Waals surface area contributed by atoms with Gasteiger partial charge in [0.25, 0.3) is 5.56 Å². The van der Waals surface area contributed by atoms with Crippen LogP contribution in [0.25, 0.3) is 11.3 Å². The molecular weight excluding hydrogens is 318 g/mol. The molecule has 3 rings (SSSR count). The lowest BCUT2D eigenvalue weighted by Crippen LogP contribution is -2.60. The number of pyridine rings is 1. The third-order valence-corrected chi connectivity index (χ3v) is 4.48. The quantitative estimate of drug-likeness (QED) is 0.829. The fourth-order valence-corrected chi connectivity index (χ4v) is 2.82. The highest BCUT2D eigenvalue weighted by Crippen LogP contribution is 2.23. The molecule has 25 heavy (non-hydrogen) atoms. The van der Waals surface area contributed by atoms with Crippen molar-refractivity contribution in [3.8, 4) is 11.3 Å². The van der Waals surface area contributed by atoms with Crippen LogP contribution in [0.2, 0.25) is 0 Å². The van der Waals surface area contributed by atoms with Crippen LogP contribution < -0.4 is 10.5 Å². The van der Waals surface area contributed by atoms with Gasteiger partial charge in [-0.3, -0.25) is 9.59 Å². The predicted molar refractivity (Wildman–Crippen MR) is 96.4 cm³/mol. The summed E-state index contributed by atoms with van der Waals surface area (Å²) in [6.07, 6.45) is 5.44. The van der Waals surface area contributed by atoms with E-state index in [1.807, 2.05) is 31.0 Å². The summed E-state index contributed by atoms with van der Waals surface area (Å²) in [6.45, 7) is 6.65. The standard InChI is InChI=1S/C18H21N5O2/c1-4-16-19-7-6-14(21-16)12-8-15(18(25)20-9-12)22(3)13-10-23(11-13)17(24)5-2/h5-9,13H,2,4,10-11H2,1,3H3,(H,20,25). The molecule has 2 aromatic heterocycles. The fourth-order valence-electron chi connectivity index (χ4n) is 2.82. The van der Waals surface area contributed by atoms with E-state index in [4.69, 9.17) is 0 Å².